The van der Waals surface area contributed by atoms with Gasteiger partial charge in [-0.15, -0.1) is 0 Å². The van der Waals surface area contributed by atoms with Gasteiger partial charge in [0.05, 0.1) is 18.3 Å². The van der Waals surface area contributed by atoms with E-state index in [1.165, 1.54) is 7.11 Å². The van der Waals surface area contributed by atoms with E-state index in [0.717, 1.165) is 27.4 Å². The maximum atomic E-state index is 10.9. The molecule has 2 rings (SSSR count). The first kappa shape index (κ1) is 20.9. The number of aliphatic hydroxyl groups is 1. The van der Waals surface area contributed by atoms with Gasteiger partial charge < -0.3 is 9.84 Å². The molecule has 130 valence electrons. The number of esters is 1. The Morgan fingerprint density at radius 2 is 1.38 bits per heavy atom. The molecule has 0 spiro atoms. The van der Waals surface area contributed by atoms with Crippen LogP contribution in [0.25, 0.3) is 0 Å². The normalized spacial score (nSPS) is 10.6. The Morgan fingerprint density at radius 1 is 0.958 bits per heavy atom. The third-order valence-corrected chi connectivity index (χ3v) is 4.87. The molecule has 1 N–H and O–H groups in total. The molecule has 0 aliphatic carbocycles. The third-order valence-electron chi connectivity index (χ3n) is 3.82. The Kier molecular flexibility index (Phi) is 8.67. The molecule has 0 unspecified atom stereocenters. The smallest absolute Gasteiger partial charge is 0.337 e. The summed E-state index contributed by atoms with van der Waals surface area (Å²) in [5.74, 6) is -0.308. The molecule has 0 bridgehead atoms. The van der Waals surface area contributed by atoms with Crippen molar-refractivity contribution in [2.24, 2.45) is 0 Å². The van der Waals surface area contributed by atoms with Gasteiger partial charge in [0.2, 0.25) is 0 Å². The summed E-state index contributed by atoms with van der Waals surface area (Å²) in [5, 5.41) is 10.2. The van der Waals surface area contributed by atoms with Crippen LogP contribution in [0.5, 0.6) is 0 Å². The van der Waals surface area contributed by atoms with E-state index < -0.39 is 5.60 Å². The van der Waals surface area contributed by atoms with E-state index in [1.807, 2.05) is 38.1 Å². The highest BCUT2D eigenvalue weighted by Crippen LogP contribution is 2.29. The van der Waals surface area contributed by atoms with Crippen LogP contribution in [0.15, 0.2) is 57.5 Å². The zero-order valence-corrected chi connectivity index (χ0v) is 17.2. The second-order valence-electron chi connectivity index (χ2n) is 5.24. The van der Waals surface area contributed by atoms with E-state index in [2.05, 4.69) is 36.6 Å². The number of hydrogen-bond acceptors (Lipinski definition) is 3. The maximum Gasteiger partial charge on any atom is 0.337 e. The van der Waals surface area contributed by atoms with Gasteiger partial charge in [0.1, 0.15) is 0 Å². The highest BCUT2D eigenvalue weighted by atomic mass is 79.9. The summed E-state index contributed by atoms with van der Waals surface area (Å²) in [6.45, 7) is 4.01. The summed E-state index contributed by atoms with van der Waals surface area (Å²) >= 11 is 6.64. The van der Waals surface area contributed by atoms with Gasteiger partial charge in [-0.05, 0) is 54.8 Å². The van der Waals surface area contributed by atoms with Crippen molar-refractivity contribution in [3.8, 4) is 0 Å². The average molecular weight is 458 g/mol. The largest absolute Gasteiger partial charge is 0.465 e. The van der Waals surface area contributed by atoms with Gasteiger partial charge in [-0.3, -0.25) is 0 Å². The van der Waals surface area contributed by atoms with Crippen LogP contribution in [0.4, 0.5) is 0 Å². The lowest BCUT2D eigenvalue weighted by Gasteiger charge is -2.25. The van der Waals surface area contributed by atoms with Crippen LogP contribution in [0.1, 0.15) is 42.6 Å². The molecular weight excluding hydrogens is 436 g/mol. The fourth-order valence-electron chi connectivity index (χ4n) is 2.12. The standard InChI is InChI=1S/C11H15BrO.C8H7BrO2/c1-3-11(13,4-2)9-5-7-10(12)8-6-9;1-11-8(10)6-2-4-7(9)5-3-6/h5-8,13H,3-4H2,1-2H3;2-5H,1H3. The molecule has 2 aromatic carbocycles. The Morgan fingerprint density at radius 3 is 1.75 bits per heavy atom. The fraction of sp³-hybridized carbons (Fsp3) is 0.316. The van der Waals surface area contributed by atoms with Crippen LogP contribution < -0.4 is 0 Å². The molecule has 0 fully saturated rings. The Labute approximate surface area is 160 Å². The van der Waals surface area contributed by atoms with Crippen LogP contribution in [0, 0.1) is 0 Å². The van der Waals surface area contributed by atoms with Gasteiger partial charge >= 0.3 is 5.97 Å². The lowest BCUT2D eigenvalue weighted by atomic mass is 9.89. The summed E-state index contributed by atoms with van der Waals surface area (Å²) < 4.78 is 6.52. The first-order valence-electron chi connectivity index (χ1n) is 7.68. The molecule has 0 radical (unpaired) electrons. The number of rotatable bonds is 4. The predicted octanol–water partition coefficient (Wildman–Crippen LogP) is 5.69. The zero-order chi connectivity index (χ0) is 18.2. The van der Waals surface area contributed by atoms with Crippen molar-refractivity contribution in [3.05, 3.63) is 68.6 Å². The number of carbonyl (C=O) groups is 1. The molecule has 0 atom stereocenters. The van der Waals surface area contributed by atoms with Crippen LogP contribution in [0.2, 0.25) is 0 Å². The summed E-state index contributed by atoms with van der Waals surface area (Å²) in [6.07, 6.45) is 1.51. The van der Waals surface area contributed by atoms with Gasteiger partial charge in [-0.1, -0.05) is 57.8 Å². The van der Waals surface area contributed by atoms with Gasteiger partial charge in [0.25, 0.3) is 0 Å². The monoisotopic (exact) mass is 456 g/mol. The highest BCUT2D eigenvalue weighted by Gasteiger charge is 2.24. The molecule has 5 heteroatoms. The number of halogens is 2. The SMILES string of the molecule is CCC(O)(CC)c1ccc(Br)cc1.COC(=O)c1ccc(Br)cc1. The summed E-state index contributed by atoms with van der Waals surface area (Å²) in [6, 6.07) is 14.9. The minimum absolute atomic E-state index is 0.308. The van der Waals surface area contributed by atoms with Crippen molar-refractivity contribution in [1.82, 2.24) is 0 Å². The van der Waals surface area contributed by atoms with Crippen molar-refractivity contribution in [2.75, 3.05) is 7.11 Å². The van der Waals surface area contributed by atoms with Crippen molar-refractivity contribution in [2.45, 2.75) is 32.3 Å². The first-order valence-corrected chi connectivity index (χ1v) is 9.27. The number of methoxy groups -OCH3 is 1. The molecule has 0 aliphatic heterocycles. The van der Waals surface area contributed by atoms with Gasteiger partial charge in [0, 0.05) is 8.95 Å². The first-order chi connectivity index (χ1) is 11.4. The molecule has 0 aromatic heterocycles. The number of hydrogen-bond donors (Lipinski definition) is 1. The zero-order valence-electron chi connectivity index (χ0n) is 14.1. The molecule has 0 heterocycles. The maximum absolute atomic E-state index is 10.9. The molecular formula is C19H22Br2O3. The van der Waals surface area contributed by atoms with E-state index in [9.17, 15) is 9.90 Å². The molecule has 2 aromatic rings. The van der Waals surface area contributed by atoms with Crippen LogP contribution in [-0.4, -0.2) is 18.2 Å². The van der Waals surface area contributed by atoms with Crippen molar-refractivity contribution in [1.29, 1.82) is 0 Å². The lowest BCUT2D eigenvalue weighted by Crippen LogP contribution is -2.23. The minimum atomic E-state index is -0.652. The topological polar surface area (TPSA) is 46.5 Å². The molecule has 0 saturated heterocycles. The van der Waals surface area contributed by atoms with E-state index in [1.54, 1.807) is 24.3 Å². The molecule has 0 aliphatic rings. The second kappa shape index (κ2) is 9.97. The molecule has 0 amide bonds. The van der Waals surface area contributed by atoms with Crippen molar-refractivity contribution in [3.63, 3.8) is 0 Å². The fourth-order valence-corrected chi connectivity index (χ4v) is 2.65. The summed E-state index contributed by atoms with van der Waals surface area (Å²) in [7, 11) is 1.37. The van der Waals surface area contributed by atoms with E-state index in [0.29, 0.717) is 5.56 Å². The van der Waals surface area contributed by atoms with Gasteiger partial charge in [0.15, 0.2) is 0 Å². The van der Waals surface area contributed by atoms with Crippen LogP contribution >= 0.6 is 31.9 Å². The third kappa shape index (κ3) is 6.04. The quantitative estimate of drug-likeness (QED) is 0.599. The van der Waals surface area contributed by atoms with E-state index >= 15 is 0 Å². The van der Waals surface area contributed by atoms with E-state index in [4.69, 9.17) is 0 Å². The van der Waals surface area contributed by atoms with Crippen LogP contribution in [0.3, 0.4) is 0 Å². The predicted molar refractivity (Wildman–Crippen MR) is 104 cm³/mol. The number of ether oxygens (including phenoxy) is 1. The van der Waals surface area contributed by atoms with Gasteiger partial charge in [-0.2, -0.15) is 0 Å². The average Bonchev–Trinajstić information content (AvgIpc) is 2.62. The van der Waals surface area contributed by atoms with Crippen LogP contribution in [-0.2, 0) is 10.3 Å². The number of benzene rings is 2. The minimum Gasteiger partial charge on any atom is -0.465 e. The van der Waals surface area contributed by atoms with E-state index in [-0.39, 0.29) is 5.97 Å². The second-order valence-corrected chi connectivity index (χ2v) is 7.08. The number of carbonyl (C=O) groups excluding carboxylic acids is 1. The Balaban J connectivity index is 0.000000243. The Bertz CT molecular complexity index is 633. The molecule has 3 nitrogen and oxygen atoms in total. The summed E-state index contributed by atoms with van der Waals surface area (Å²) in [4.78, 5) is 10.9. The Hall–Kier alpha value is -1.17. The lowest BCUT2D eigenvalue weighted by molar-refractivity contribution is 0.0283. The molecule has 0 saturated carbocycles. The van der Waals surface area contributed by atoms with Crippen molar-refractivity contribution >= 4 is 37.8 Å². The van der Waals surface area contributed by atoms with Gasteiger partial charge in [-0.25, -0.2) is 4.79 Å². The molecule has 24 heavy (non-hydrogen) atoms. The summed E-state index contributed by atoms with van der Waals surface area (Å²) in [5.41, 5.74) is 0.914. The van der Waals surface area contributed by atoms with Crippen molar-refractivity contribution < 1.29 is 14.6 Å². The highest BCUT2D eigenvalue weighted by molar-refractivity contribution is 9.10.